The summed E-state index contributed by atoms with van der Waals surface area (Å²) in [5.41, 5.74) is 7.68. The minimum atomic E-state index is 0.648. The number of nitrogen functional groups attached to an aromatic ring is 1. The lowest BCUT2D eigenvalue weighted by atomic mass is 10.2. The number of hydrogen-bond acceptors (Lipinski definition) is 4. The first-order valence-corrected chi connectivity index (χ1v) is 7.03. The van der Waals surface area contributed by atoms with Gasteiger partial charge in [0.25, 0.3) is 0 Å². The summed E-state index contributed by atoms with van der Waals surface area (Å²) in [6.45, 7) is 1.56. The number of methoxy groups -OCH3 is 1. The van der Waals surface area contributed by atoms with Gasteiger partial charge in [0, 0.05) is 19.3 Å². The highest BCUT2D eigenvalue weighted by molar-refractivity contribution is 5.51. The van der Waals surface area contributed by atoms with Crippen LogP contribution in [0.25, 0.3) is 0 Å². The summed E-state index contributed by atoms with van der Waals surface area (Å²) in [5, 5.41) is 0. The molecule has 0 atom stereocenters. The first kappa shape index (κ1) is 15.0. The van der Waals surface area contributed by atoms with Gasteiger partial charge in [-0.2, -0.15) is 0 Å². The maximum Gasteiger partial charge on any atom is 0.142 e. The Labute approximate surface area is 126 Å². The third-order valence-corrected chi connectivity index (χ3v) is 3.33. The lowest BCUT2D eigenvalue weighted by Crippen LogP contribution is -2.20. The summed E-state index contributed by atoms with van der Waals surface area (Å²) >= 11 is 0. The Morgan fingerprint density at radius 2 is 1.76 bits per heavy atom. The van der Waals surface area contributed by atoms with E-state index in [1.165, 1.54) is 0 Å². The van der Waals surface area contributed by atoms with Crippen LogP contribution < -0.4 is 20.1 Å². The molecule has 0 saturated carbocycles. The van der Waals surface area contributed by atoms with Crippen molar-refractivity contribution in [1.29, 1.82) is 0 Å². The molecule has 0 spiro atoms. The second-order valence-corrected chi connectivity index (χ2v) is 4.86. The maximum atomic E-state index is 5.83. The van der Waals surface area contributed by atoms with E-state index in [4.69, 9.17) is 15.2 Å². The molecule has 0 aromatic heterocycles. The quantitative estimate of drug-likeness (QED) is 0.627. The van der Waals surface area contributed by atoms with E-state index in [0.29, 0.717) is 12.3 Å². The Bertz CT molecular complexity index is 555. The van der Waals surface area contributed by atoms with Crippen molar-refractivity contribution in [3.8, 4) is 11.5 Å². The van der Waals surface area contributed by atoms with E-state index in [9.17, 15) is 0 Å². The van der Waals surface area contributed by atoms with Crippen LogP contribution in [0, 0.1) is 0 Å². The molecule has 112 valence electrons. The van der Waals surface area contributed by atoms with E-state index in [-0.39, 0.29) is 0 Å². The number of hydrogen-bond donors (Lipinski definition) is 1. The molecule has 0 bridgehead atoms. The standard InChI is InChI=1S/C17H22N2O2/c1-19(14-8-10-15(20-2)11-9-14)12-5-13-21-17-7-4-3-6-16(17)18/h3-4,6-11H,5,12-13,18H2,1-2H3. The molecule has 0 saturated heterocycles. The van der Waals surface area contributed by atoms with E-state index in [0.717, 1.165) is 30.2 Å². The summed E-state index contributed by atoms with van der Waals surface area (Å²) in [4.78, 5) is 2.19. The average molecular weight is 286 g/mol. The van der Waals surface area contributed by atoms with Gasteiger partial charge in [-0.15, -0.1) is 0 Å². The Balaban J connectivity index is 1.76. The van der Waals surface area contributed by atoms with Crippen LogP contribution in [0.5, 0.6) is 11.5 Å². The molecule has 2 aromatic rings. The van der Waals surface area contributed by atoms with Crippen molar-refractivity contribution in [3.05, 3.63) is 48.5 Å². The topological polar surface area (TPSA) is 47.7 Å². The van der Waals surface area contributed by atoms with Crippen LogP contribution in [0.4, 0.5) is 11.4 Å². The van der Waals surface area contributed by atoms with Gasteiger partial charge in [-0.05, 0) is 42.8 Å². The number of nitrogens with zero attached hydrogens (tertiary/aromatic N) is 1. The Morgan fingerprint density at radius 1 is 1.05 bits per heavy atom. The van der Waals surface area contributed by atoms with Crippen LogP contribution in [-0.2, 0) is 0 Å². The fourth-order valence-electron chi connectivity index (χ4n) is 2.06. The second-order valence-electron chi connectivity index (χ2n) is 4.86. The SMILES string of the molecule is COc1ccc(N(C)CCCOc2ccccc2N)cc1. The Kier molecular flexibility index (Phi) is 5.32. The molecule has 0 amide bonds. The average Bonchev–Trinajstić information content (AvgIpc) is 2.53. The molecule has 2 aromatic carbocycles. The number of nitrogens with two attached hydrogens (primary N) is 1. The van der Waals surface area contributed by atoms with Crippen LogP contribution in [0.3, 0.4) is 0 Å². The van der Waals surface area contributed by atoms with Crippen LogP contribution in [0.1, 0.15) is 6.42 Å². The Morgan fingerprint density at radius 3 is 2.43 bits per heavy atom. The monoisotopic (exact) mass is 286 g/mol. The fraction of sp³-hybridized carbons (Fsp3) is 0.294. The Hall–Kier alpha value is -2.36. The smallest absolute Gasteiger partial charge is 0.142 e. The van der Waals surface area contributed by atoms with E-state index in [1.54, 1.807) is 7.11 Å². The van der Waals surface area contributed by atoms with E-state index in [1.807, 2.05) is 36.4 Å². The van der Waals surface area contributed by atoms with Gasteiger partial charge in [0.05, 0.1) is 19.4 Å². The number of benzene rings is 2. The van der Waals surface area contributed by atoms with Gasteiger partial charge < -0.3 is 20.1 Å². The van der Waals surface area contributed by atoms with Crippen molar-refractivity contribution in [2.24, 2.45) is 0 Å². The zero-order chi connectivity index (χ0) is 15.1. The summed E-state index contributed by atoms with van der Waals surface area (Å²) in [6, 6.07) is 15.6. The third kappa shape index (κ3) is 4.31. The maximum absolute atomic E-state index is 5.83. The highest BCUT2D eigenvalue weighted by Crippen LogP contribution is 2.20. The predicted molar refractivity (Wildman–Crippen MR) is 87.2 cm³/mol. The van der Waals surface area contributed by atoms with E-state index in [2.05, 4.69) is 24.1 Å². The molecule has 0 heterocycles. The van der Waals surface area contributed by atoms with Crippen LogP contribution in [0.2, 0.25) is 0 Å². The summed E-state index contributed by atoms with van der Waals surface area (Å²) in [5.74, 6) is 1.62. The summed E-state index contributed by atoms with van der Waals surface area (Å²) in [7, 11) is 3.74. The number of ether oxygens (including phenoxy) is 2. The normalized spacial score (nSPS) is 10.2. The number of rotatable bonds is 7. The zero-order valence-corrected chi connectivity index (χ0v) is 12.6. The van der Waals surface area contributed by atoms with Gasteiger partial charge in [-0.25, -0.2) is 0 Å². The van der Waals surface area contributed by atoms with E-state index >= 15 is 0 Å². The molecule has 21 heavy (non-hydrogen) atoms. The largest absolute Gasteiger partial charge is 0.497 e. The lowest BCUT2D eigenvalue weighted by Gasteiger charge is -2.19. The minimum Gasteiger partial charge on any atom is -0.497 e. The van der Waals surface area contributed by atoms with Gasteiger partial charge >= 0.3 is 0 Å². The highest BCUT2D eigenvalue weighted by Gasteiger charge is 2.02. The molecule has 0 unspecified atom stereocenters. The first-order chi connectivity index (χ1) is 10.2. The fourth-order valence-corrected chi connectivity index (χ4v) is 2.06. The second kappa shape index (κ2) is 7.43. The van der Waals surface area contributed by atoms with Crippen molar-refractivity contribution in [3.63, 3.8) is 0 Å². The zero-order valence-electron chi connectivity index (χ0n) is 12.6. The molecule has 2 rings (SSSR count). The van der Waals surface area contributed by atoms with E-state index < -0.39 is 0 Å². The first-order valence-electron chi connectivity index (χ1n) is 7.03. The van der Waals surface area contributed by atoms with Crippen LogP contribution in [-0.4, -0.2) is 27.3 Å². The molecule has 4 heteroatoms. The molecule has 0 aliphatic carbocycles. The van der Waals surface area contributed by atoms with Crippen LogP contribution in [0.15, 0.2) is 48.5 Å². The summed E-state index contributed by atoms with van der Waals surface area (Å²) in [6.07, 6.45) is 0.927. The molecule has 4 nitrogen and oxygen atoms in total. The van der Waals surface area contributed by atoms with Crippen molar-refractivity contribution in [2.45, 2.75) is 6.42 Å². The van der Waals surface area contributed by atoms with Crippen molar-refractivity contribution >= 4 is 11.4 Å². The third-order valence-electron chi connectivity index (χ3n) is 3.33. The molecule has 0 fully saturated rings. The van der Waals surface area contributed by atoms with Crippen molar-refractivity contribution < 1.29 is 9.47 Å². The molecular formula is C17H22N2O2. The predicted octanol–water partition coefficient (Wildman–Crippen LogP) is 3.18. The van der Waals surface area contributed by atoms with Crippen LogP contribution >= 0.6 is 0 Å². The molecule has 0 radical (unpaired) electrons. The van der Waals surface area contributed by atoms with Gasteiger partial charge in [0.1, 0.15) is 11.5 Å². The van der Waals surface area contributed by atoms with Crippen molar-refractivity contribution in [2.75, 3.05) is 37.9 Å². The molecule has 0 aliphatic rings. The van der Waals surface area contributed by atoms with Gasteiger partial charge in [0.15, 0.2) is 0 Å². The molecular weight excluding hydrogens is 264 g/mol. The summed E-state index contributed by atoms with van der Waals surface area (Å²) < 4.78 is 10.8. The minimum absolute atomic E-state index is 0.648. The number of para-hydroxylation sites is 2. The number of anilines is 2. The molecule has 2 N–H and O–H groups in total. The highest BCUT2D eigenvalue weighted by atomic mass is 16.5. The van der Waals surface area contributed by atoms with Crippen molar-refractivity contribution in [1.82, 2.24) is 0 Å². The van der Waals surface area contributed by atoms with Gasteiger partial charge in [-0.3, -0.25) is 0 Å². The lowest BCUT2D eigenvalue weighted by molar-refractivity contribution is 0.314. The van der Waals surface area contributed by atoms with Gasteiger partial charge in [0.2, 0.25) is 0 Å². The molecule has 0 aliphatic heterocycles. The van der Waals surface area contributed by atoms with Gasteiger partial charge in [-0.1, -0.05) is 12.1 Å².